The molecule has 0 atom stereocenters. The van der Waals surface area contributed by atoms with Crippen molar-refractivity contribution in [2.75, 3.05) is 0 Å². The molecular weight excluding hydrogens is 342 g/mol. The minimum Gasteiger partial charge on any atom is -0.411 e. The topological polar surface area (TPSA) is 102 Å². The van der Waals surface area contributed by atoms with Gasteiger partial charge in [-0.25, -0.2) is 8.42 Å². The van der Waals surface area contributed by atoms with E-state index in [-0.39, 0.29) is 30.0 Å². The normalized spacial score (nSPS) is 11.7. The third-order valence-corrected chi connectivity index (χ3v) is 4.54. The van der Waals surface area contributed by atoms with Gasteiger partial charge in [-0.3, -0.25) is 4.79 Å². The number of rotatable bonds is 6. The molecule has 0 aliphatic rings. The first kappa shape index (κ1) is 17.4. The highest BCUT2D eigenvalue weighted by Crippen LogP contribution is 2.18. The van der Waals surface area contributed by atoms with Crippen LogP contribution in [-0.4, -0.2) is 24.5 Å². The van der Waals surface area contributed by atoms with Crippen LogP contribution in [0, 0.1) is 5.92 Å². The number of hydrogen-bond acceptors (Lipinski definition) is 6. The Hall–Kier alpha value is -1.93. The Kier molecular flexibility index (Phi) is 5.38. The molecule has 1 aromatic carbocycles. The van der Waals surface area contributed by atoms with E-state index in [9.17, 15) is 13.2 Å². The third-order valence-electron chi connectivity index (χ3n) is 2.90. The number of amides is 1. The van der Waals surface area contributed by atoms with Crippen LogP contribution in [-0.2, 0) is 26.9 Å². The largest absolute Gasteiger partial charge is 0.411 e. The zero-order chi connectivity index (χ0) is 17.0. The highest BCUT2D eigenvalue weighted by molar-refractivity contribution is 7.90. The van der Waals surface area contributed by atoms with Gasteiger partial charge in [0.25, 0.3) is 0 Å². The summed E-state index contributed by atoms with van der Waals surface area (Å²) in [4.78, 5) is 11.5. The molecule has 1 heterocycles. The average Bonchev–Trinajstić information content (AvgIpc) is 2.94. The predicted molar refractivity (Wildman–Crippen MR) is 83.3 cm³/mol. The molecule has 0 unspecified atom stereocenters. The molecule has 0 fully saturated rings. The first-order valence-electron chi connectivity index (χ1n) is 6.85. The number of sulfone groups is 1. The number of halogens is 1. The number of nitrogens with zero attached hydrogens (tertiary/aromatic N) is 2. The van der Waals surface area contributed by atoms with E-state index in [0.29, 0.717) is 10.6 Å². The number of nitrogens with one attached hydrogen (secondary N) is 1. The summed E-state index contributed by atoms with van der Waals surface area (Å²) >= 11 is 5.83. The summed E-state index contributed by atoms with van der Waals surface area (Å²) in [5.74, 6) is -0.646. The van der Waals surface area contributed by atoms with Crippen LogP contribution in [0.15, 0.2) is 33.9 Å². The maximum absolute atomic E-state index is 12.2. The molecule has 7 nitrogen and oxygen atoms in total. The van der Waals surface area contributed by atoms with Crippen molar-refractivity contribution >= 4 is 27.3 Å². The van der Waals surface area contributed by atoms with Crippen LogP contribution in [0.3, 0.4) is 0 Å². The molecule has 124 valence electrons. The molecule has 0 saturated heterocycles. The minimum atomic E-state index is -3.78. The van der Waals surface area contributed by atoms with E-state index in [1.807, 2.05) is 0 Å². The van der Waals surface area contributed by atoms with Gasteiger partial charge >= 0.3 is 5.22 Å². The van der Waals surface area contributed by atoms with Crippen LogP contribution in [0.25, 0.3) is 0 Å². The Bertz CT molecular complexity index is 802. The molecule has 0 aliphatic carbocycles. The SMILES string of the molecule is CC(C)C(=O)NCc1nnc(S(=O)(=O)Cc2cccc(Cl)c2)o1. The van der Waals surface area contributed by atoms with Gasteiger partial charge in [0.05, 0.1) is 12.3 Å². The number of benzene rings is 1. The minimum absolute atomic E-state index is 0.0172. The van der Waals surface area contributed by atoms with E-state index >= 15 is 0 Å². The maximum atomic E-state index is 12.2. The van der Waals surface area contributed by atoms with Gasteiger partial charge in [-0.15, -0.1) is 5.10 Å². The van der Waals surface area contributed by atoms with Gasteiger partial charge in [-0.2, -0.15) is 0 Å². The first-order chi connectivity index (χ1) is 10.8. The number of carbonyl (C=O) groups is 1. The highest BCUT2D eigenvalue weighted by atomic mass is 35.5. The van der Waals surface area contributed by atoms with E-state index in [2.05, 4.69) is 15.5 Å². The molecule has 1 aromatic heterocycles. The molecule has 0 saturated carbocycles. The van der Waals surface area contributed by atoms with Crippen molar-refractivity contribution in [1.29, 1.82) is 0 Å². The van der Waals surface area contributed by atoms with Crippen LogP contribution in [0.1, 0.15) is 25.3 Å². The summed E-state index contributed by atoms with van der Waals surface area (Å²) in [5.41, 5.74) is 0.519. The molecule has 0 bridgehead atoms. The van der Waals surface area contributed by atoms with Crippen LogP contribution >= 0.6 is 11.6 Å². The van der Waals surface area contributed by atoms with E-state index in [1.54, 1.807) is 38.1 Å². The molecule has 2 aromatic rings. The van der Waals surface area contributed by atoms with Crippen LogP contribution in [0.5, 0.6) is 0 Å². The lowest BCUT2D eigenvalue weighted by atomic mass is 10.2. The Morgan fingerprint density at radius 1 is 1.35 bits per heavy atom. The summed E-state index contributed by atoms with van der Waals surface area (Å²) in [7, 11) is -3.78. The molecular formula is C14H16ClN3O4S. The van der Waals surface area contributed by atoms with Gasteiger partial charge in [-0.1, -0.05) is 42.7 Å². The molecule has 2 rings (SSSR count). The smallest absolute Gasteiger partial charge is 0.335 e. The second-order valence-electron chi connectivity index (χ2n) is 5.22. The maximum Gasteiger partial charge on any atom is 0.335 e. The monoisotopic (exact) mass is 357 g/mol. The van der Waals surface area contributed by atoms with Gasteiger partial charge in [-0.05, 0) is 17.7 Å². The van der Waals surface area contributed by atoms with Crippen LogP contribution in [0.2, 0.25) is 5.02 Å². The number of aromatic nitrogens is 2. The second-order valence-corrected chi connectivity index (χ2v) is 7.53. The van der Waals surface area contributed by atoms with Crippen LogP contribution in [0.4, 0.5) is 0 Å². The fraction of sp³-hybridized carbons (Fsp3) is 0.357. The summed E-state index contributed by atoms with van der Waals surface area (Å²) in [6.45, 7) is 3.46. The molecule has 23 heavy (non-hydrogen) atoms. The lowest BCUT2D eigenvalue weighted by molar-refractivity contribution is -0.124. The van der Waals surface area contributed by atoms with Gasteiger partial charge < -0.3 is 9.73 Å². The Morgan fingerprint density at radius 2 is 2.09 bits per heavy atom. The van der Waals surface area contributed by atoms with Gasteiger partial charge in [0, 0.05) is 10.9 Å². The Balaban J connectivity index is 2.08. The fourth-order valence-electron chi connectivity index (χ4n) is 1.71. The predicted octanol–water partition coefficient (Wildman–Crippen LogP) is 1.97. The van der Waals surface area contributed by atoms with Crippen LogP contribution < -0.4 is 5.32 Å². The second kappa shape index (κ2) is 7.10. The summed E-state index contributed by atoms with van der Waals surface area (Å²) in [6.07, 6.45) is 0. The Morgan fingerprint density at radius 3 is 2.74 bits per heavy atom. The van der Waals surface area contributed by atoms with Crippen molar-refractivity contribution in [3.63, 3.8) is 0 Å². The summed E-state index contributed by atoms with van der Waals surface area (Å²) in [6, 6.07) is 6.51. The van der Waals surface area contributed by atoms with Crippen molar-refractivity contribution in [2.24, 2.45) is 5.92 Å². The number of hydrogen-bond donors (Lipinski definition) is 1. The number of carbonyl (C=O) groups excluding carboxylic acids is 1. The lowest BCUT2D eigenvalue weighted by Gasteiger charge is -2.04. The molecule has 0 radical (unpaired) electrons. The van der Waals surface area contributed by atoms with Crippen molar-refractivity contribution in [3.8, 4) is 0 Å². The lowest BCUT2D eigenvalue weighted by Crippen LogP contribution is -2.27. The summed E-state index contributed by atoms with van der Waals surface area (Å²) < 4.78 is 29.6. The third kappa shape index (κ3) is 4.77. The van der Waals surface area contributed by atoms with Gasteiger partial charge in [0.2, 0.25) is 21.6 Å². The van der Waals surface area contributed by atoms with Crippen molar-refractivity contribution in [2.45, 2.75) is 31.4 Å². The molecule has 9 heteroatoms. The quantitative estimate of drug-likeness (QED) is 0.847. The average molecular weight is 358 g/mol. The molecule has 0 aliphatic heterocycles. The molecule has 1 N–H and O–H groups in total. The molecule has 1 amide bonds. The van der Waals surface area contributed by atoms with E-state index in [0.717, 1.165) is 0 Å². The van der Waals surface area contributed by atoms with E-state index < -0.39 is 15.1 Å². The standard InChI is InChI=1S/C14H16ClN3O4S/c1-9(2)13(19)16-7-12-17-18-14(22-12)23(20,21)8-10-4-3-5-11(15)6-10/h3-6,9H,7-8H2,1-2H3,(H,16,19). The summed E-state index contributed by atoms with van der Waals surface area (Å²) in [5, 5.41) is 9.71. The van der Waals surface area contributed by atoms with E-state index in [1.165, 1.54) is 0 Å². The zero-order valence-corrected chi connectivity index (χ0v) is 14.2. The van der Waals surface area contributed by atoms with Gasteiger partial charge in [0.15, 0.2) is 0 Å². The zero-order valence-electron chi connectivity index (χ0n) is 12.6. The fourth-order valence-corrected chi connectivity index (χ4v) is 3.05. The molecule has 0 spiro atoms. The van der Waals surface area contributed by atoms with Crippen molar-refractivity contribution in [3.05, 3.63) is 40.7 Å². The van der Waals surface area contributed by atoms with Crippen molar-refractivity contribution in [1.82, 2.24) is 15.5 Å². The highest BCUT2D eigenvalue weighted by Gasteiger charge is 2.23. The first-order valence-corrected chi connectivity index (χ1v) is 8.88. The van der Waals surface area contributed by atoms with Gasteiger partial charge in [0.1, 0.15) is 0 Å². The van der Waals surface area contributed by atoms with Crippen molar-refractivity contribution < 1.29 is 17.6 Å². The van der Waals surface area contributed by atoms with E-state index in [4.69, 9.17) is 16.0 Å². The Labute approximate surface area is 139 Å².